The van der Waals surface area contributed by atoms with Crippen molar-refractivity contribution >= 4 is 39.8 Å². The number of para-hydroxylation sites is 2. The number of nitrogens with one attached hydrogen (secondary N) is 1. The van der Waals surface area contributed by atoms with E-state index in [0.29, 0.717) is 11.1 Å². The number of carboxylic acids is 2. The largest absolute Gasteiger partial charge is 0.481 e. The van der Waals surface area contributed by atoms with Crippen LogP contribution >= 0.6 is 0 Å². The summed E-state index contributed by atoms with van der Waals surface area (Å²) in [6.45, 7) is 0.167. The number of ether oxygens (including phenoxy) is 1. The van der Waals surface area contributed by atoms with Crippen molar-refractivity contribution in [2.45, 2.75) is 19.4 Å². The lowest BCUT2D eigenvalue weighted by Crippen LogP contribution is -2.12. The molecule has 0 bridgehead atoms. The normalized spacial score (nSPS) is 10.6. The number of carbonyl (C=O) groups is 3. The molecule has 0 saturated carbocycles. The van der Waals surface area contributed by atoms with E-state index in [1.54, 1.807) is 24.4 Å². The van der Waals surface area contributed by atoms with E-state index in [-0.39, 0.29) is 19.4 Å². The average Bonchev–Trinajstić information content (AvgIpc) is 3.45. The summed E-state index contributed by atoms with van der Waals surface area (Å²) in [5, 5.41) is 19.4. The quantitative estimate of drug-likeness (QED) is 0.303. The van der Waals surface area contributed by atoms with Gasteiger partial charge in [-0.3, -0.25) is 14.2 Å². The minimum atomic E-state index is -0.939. The third-order valence-electron chi connectivity index (χ3n) is 5.55. The van der Waals surface area contributed by atoms with Crippen LogP contribution in [0.25, 0.3) is 21.8 Å². The maximum absolute atomic E-state index is 12.3. The maximum atomic E-state index is 12.3. The minimum Gasteiger partial charge on any atom is -0.481 e. The van der Waals surface area contributed by atoms with Crippen molar-refractivity contribution < 1.29 is 29.3 Å². The highest BCUT2D eigenvalue weighted by molar-refractivity contribution is 5.93. The van der Waals surface area contributed by atoms with E-state index in [0.717, 1.165) is 27.4 Å². The molecular formula is C28H24N2O6. The molecule has 5 aromatic rings. The fourth-order valence-electron chi connectivity index (χ4n) is 3.93. The minimum absolute atomic E-state index is 0.0734. The Hall–Kier alpha value is -4.85. The van der Waals surface area contributed by atoms with Crippen LogP contribution in [0.4, 0.5) is 4.79 Å². The van der Waals surface area contributed by atoms with Crippen molar-refractivity contribution in [2.24, 2.45) is 0 Å². The van der Waals surface area contributed by atoms with E-state index in [1.807, 2.05) is 60.7 Å². The van der Waals surface area contributed by atoms with Crippen molar-refractivity contribution in [3.63, 3.8) is 0 Å². The SMILES string of the molecule is O=C(O)Cc1c[nH]c2ccccc12.O=C(O)Cc1cn(C(=O)OCc2ccccc2)c2ccccc12. The molecule has 2 heterocycles. The average molecular weight is 485 g/mol. The molecule has 0 aliphatic heterocycles. The van der Waals surface area contributed by atoms with E-state index in [1.165, 1.54) is 10.8 Å². The van der Waals surface area contributed by atoms with Crippen molar-refractivity contribution in [1.29, 1.82) is 0 Å². The van der Waals surface area contributed by atoms with Crippen LogP contribution in [0.3, 0.4) is 0 Å². The van der Waals surface area contributed by atoms with Gasteiger partial charge in [0.25, 0.3) is 0 Å². The van der Waals surface area contributed by atoms with Crippen molar-refractivity contribution in [3.05, 3.63) is 108 Å². The molecule has 0 fully saturated rings. The molecule has 0 aliphatic carbocycles. The molecule has 0 aliphatic rings. The molecule has 0 amide bonds. The number of nitrogens with zero attached hydrogens (tertiary/aromatic N) is 1. The van der Waals surface area contributed by atoms with E-state index in [4.69, 9.17) is 14.9 Å². The molecule has 0 unspecified atom stereocenters. The first-order chi connectivity index (χ1) is 17.4. The summed E-state index contributed by atoms with van der Waals surface area (Å²) in [6, 6.07) is 24.2. The zero-order valence-electron chi connectivity index (χ0n) is 19.3. The van der Waals surface area contributed by atoms with Gasteiger partial charge in [0, 0.05) is 28.7 Å². The molecule has 36 heavy (non-hydrogen) atoms. The number of rotatable bonds is 6. The molecule has 0 atom stereocenters. The molecular weight excluding hydrogens is 460 g/mol. The van der Waals surface area contributed by atoms with E-state index < -0.39 is 18.0 Å². The fourth-order valence-corrected chi connectivity index (χ4v) is 3.93. The van der Waals surface area contributed by atoms with Crippen molar-refractivity contribution in [3.8, 4) is 0 Å². The number of H-pyrrole nitrogens is 1. The maximum Gasteiger partial charge on any atom is 0.418 e. The van der Waals surface area contributed by atoms with E-state index >= 15 is 0 Å². The molecule has 3 N–H and O–H groups in total. The van der Waals surface area contributed by atoms with Gasteiger partial charge in [0.2, 0.25) is 0 Å². The summed E-state index contributed by atoms with van der Waals surface area (Å²) in [6.07, 6.45) is 2.69. The highest BCUT2D eigenvalue weighted by atomic mass is 16.5. The molecule has 182 valence electrons. The number of aromatic nitrogens is 2. The Morgan fingerprint density at radius 2 is 1.36 bits per heavy atom. The van der Waals surface area contributed by atoms with Crippen LogP contribution in [0, 0.1) is 0 Å². The van der Waals surface area contributed by atoms with Gasteiger partial charge < -0.3 is 19.9 Å². The first-order valence-electron chi connectivity index (χ1n) is 11.2. The van der Waals surface area contributed by atoms with Crippen molar-refractivity contribution in [2.75, 3.05) is 0 Å². The lowest BCUT2D eigenvalue weighted by Gasteiger charge is -2.06. The number of hydrogen-bond acceptors (Lipinski definition) is 4. The van der Waals surface area contributed by atoms with Crippen LogP contribution in [-0.4, -0.2) is 37.8 Å². The van der Waals surface area contributed by atoms with Crippen LogP contribution in [0.15, 0.2) is 91.3 Å². The standard InChI is InChI=1S/C18H15NO4.C10H9NO2/c20-17(21)10-14-11-19(16-9-5-4-8-15(14)16)18(22)23-12-13-6-2-1-3-7-13;12-10(13)5-7-6-11-9-4-2-1-3-8(7)9/h1-9,11H,10,12H2,(H,20,21);1-4,6,11H,5H2,(H,12,13). The van der Waals surface area contributed by atoms with Crippen LogP contribution in [-0.2, 0) is 33.8 Å². The summed E-state index contributed by atoms with van der Waals surface area (Å²) in [5.74, 6) is -1.74. The van der Waals surface area contributed by atoms with Gasteiger partial charge in [-0.05, 0) is 28.8 Å². The Bertz CT molecular complexity index is 1520. The molecule has 8 nitrogen and oxygen atoms in total. The summed E-state index contributed by atoms with van der Waals surface area (Å²) < 4.78 is 6.67. The Kier molecular flexibility index (Phi) is 7.45. The van der Waals surface area contributed by atoms with Crippen LogP contribution in [0.5, 0.6) is 0 Å². The first kappa shape index (κ1) is 24.3. The fraction of sp³-hybridized carbons (Fsp3) is 0.107. The third kappa shape index (κ3) is 5.79. The highest BCUT2D eigenvalue weighted by Gasteiger charge is 2.16. The lowest BCUT2D eigenvalue weighted by atomic mass is 10.1. The molecule has 0 radical (unpaired) electrons. The molecule has 0 spiro atoms. The zero-order chi connectivity index (χ0) is 25.5. The number of benzene rings is 3. The van der Waals surface area contributed by atoms with Gasteiger partial charge in [0.1, 0.15) is 6.61 Å². The van der Waals surface area contributed by atoms with Gasteiger partial charge in [0.15, 0.2) is 0 Å². The predicted molar refractivity (Wildman–Crippen MR) is 135 cm³/mol. The molecule has 3 aromatic carbocycles. The number of fused-ring (bicyclic) bond motifs is 2. The van der Waals surface area contributed by atoms with Gasteiger partial charge in [-0.15, -0.1) is 0 Å². The van der Waals surface area contributed by atoms with Gasteiger partial charge in [-0.2, -0.15) is 0 Å². The topological polar surface area (TPSA) is 122 Å². The Balaban J connectivity index is 0.000000197. The third-order valence-corrected chi connectivity index (χ3v) is 5.55. The highest BCUT2D eigenvalue weighted by Crippen LogP contribution is 2.22. The predicted octanol–water partition coefficient (Wildman–Crippen LogP) is 5.25. The molecule has 8 heteroatoms. The number of carboxylic acid groups (broad SMARTS) is 2. The Morgan fingerprint density at radius 3 is 2.08 bits per heavy atom. The second kappa shape index (κ2) is 11.1. The number of carbonyl (C=O) groups excluding carboxylic acids is 1. The molecule has 5 rings (SSSR count). The second-order valence-corrected chi connectivity index (χ2v) is 8.08. The van der Waals surface area contributed by atoms with Crippen LogP contribution in [0.1, 0.15) is 16.7 Å². The molecule has 2 aromatic heterocycles. The zero-order valence-corrected chi connectivity index (χ0v) is 19.3. The summed E-state index contributed by atoms with van der Waals surface area (Å²) >= 11 is 0. The summed E-state index contributed by atoms with van der Waals surface area (Å²) in [7, 11) is 0. The van der Waals surface area contributed by atoms with Crippen LogP contribution in [0.2, 0.25) is 0 Å². The van der Waals surface area contributed by atoms with Gasteiger partial charge in [-0.1, -0.05) is 66.7 Å². The van der Waals surface area contributed by atoms with Crippen LogP contribution < -0.4 is 0 Å². The Morgan fingerprint density at radius 1 is 0.750 bits per heavy atom. The second-order valence-electron chi connectivity index (χ2n) is 8.08. The Labute approximate surface area is 206 Å². The van der Waals surface area contributed by atoms with E-state index in [2.05, 4.69) is 4.98 Å². The summed E-state index contributed by atoms with van der Waals surface area (Å²) in [5.41, 5.74) is 3.94. The van der Waals surface area contributed by atoms with E-state index in [9.17, 15) is 14.4 Å². The number of aromatic amines is 1. The summed E-state index contributed by atoms with van der Waals surface area (Å²) in [4.78, 5) is 36.8. The number of hydrogen-bond donors (Lipinski definition) is 3. The monoisotopic (exact) mass is 484 g/mol. The smallest absolute Gasteiger partial charge is 0.418 e. The number of aliphatic carboxylic acids is 2. The van der Waals surface area contributed by atoms with Crippen molar-refractivity contribution in [1.82, 2.24) is 9.55 Å². The van der Waals surface area contributed by atoms with Gasteiger partial charge in [-0.25, -0.2) is 4.79 Å². The van der Waals surface area contributed by atoms with Gasteiger partial charge in [0.05, 0.1) is 18.4 Å². The first-order valence-corrected chi connectivity index (χ1v) is 11.2. The molecule has 0 saturated heterocycles. The van der Waals surface area contributed by atoms with Gasteiger partial charge >= 0.3 is 18.0 Å². The lowest BCUT2D eigenvalue weighted by molar-refractivity contribution is -0.137.